The van der Waals surface area contributed by atoms with Crippen molar-refractivity contribution < 1.29 is 21.6 Å². The number of hydrogen-bond acceptors (Lipinski definition) is 3. The van der Waals surface area contributed by atoms with Gasteiger partial charge in [-0.2, -0.15) is 0 Å². The maximum Gasteiger partial charge on any atom is 0.194 e. The first-order valence-electron chi connectivity index (χ1n) is 5.75. The van der Waals surface area contributed by atoms with Gasteiger partial charge in [-0.1, -0.05) is 13.0 Å². The molecule has 0 heterocycles. The SMILES string of the molecule is CCNC(c1ccc(F)c(F)c1F)C(C)S(C)(=O)=O. The first-order valence-corrected chi connectivity index (χ1v) is 7.71. The predicted molar refractivity (Wildman–Crippen MR) is 67.0 cm³/mol. The van der Waals surface area contributed by atoms with Crippen molar-refractivity contribution in [3.63, 3.8) is 0 Å². The minimum Gasteiger partial charge on any atom is -0.309 e. The highest BCUT2D eigenvalue weighted by Gasteiger charge is 2.30. The molecule has 0 spiro atoms. The second-order valence-corrected chi connectivity index (χ2v) is 6.74. The molecule has 0 aliphatic rings. The molecule has 1 rings (SSSR count). The first-order chi connectivity index (χ1) is 8.70. The zero-order valence-electron chi connectivity index (χ0n) is 10.9. The third kappa shape index (κ3) is 3.48. The number of nitrogens with one attached hydrogen (secondary N) is 1. The van der Waals surface area contributed by atoms with E-state index in [0.29, 0.717) is 6.54 Å². The van der Waals surface area contributed by atoms with Crippen molar-refractivity contribution in [3.05, 3.63) is 35.1 Å². The van der Waals surface area contributed by atoms with Gasteiger partial charge in [-0.25, -0.2) is 21.6 Å². The average Bonchev–Trinajstić information content (AvgIpc) is 2.32. The Hall–Kier alpha value is -1.08. The lowest BCUT2D eigenvalue weighted by molar-refractivity contribution is 0.422. The topological polar surface area (TPSA) is 46.2 Å². The van der Waals surface area contributed by atoms with Crippen LogP contribution in [0.15, 0.2) is 12.1 Å². The molecule has 19 heavy (non-hydrogen) atoms. The molecular weight excluding hydrogens is 279 g/mol. The predicted octanol–water partition coefficient (Wildman–Crippen LogP) is 2.19. The molecular formula is C12H16F3NO2S. The fourth-order valence-corrected chi connectivity index (χ4v) is 2.51. The van der Waals surface area contributed by atoms with E-state index in [1.54, 1.807) is 6.92 Å². The van der Waals surface area contributed by atoms with E-state index in [0.717, 1.165) is 18.4 Å². The van der Waals surface area contributed by atoms with Gasteiger partial charge in [0.15, 0.2) is 27.3 Å². The van der Waals surface area contributed by atoms with Crippen molar-refractivity contribution in [2.75, 3.05) is 12.8 Å². The van der Waals surface area contributed by atoms with Crippen LogP contribution in [0.1, 0.15) is 25.5 Å². The van der Waals surface area contributed by atoms with E-state index in [9.17, 15) is 21.6 Å². The summed E-state index contributed by atoms with van der Waals surface area (Å²) in [5.74, 6) is -4.26. The number of rotatable bonds is 5. The maximum atomic E-state index is 13.7. The monoisotopic (exact) mass is 295 g/mol. The number of sulfone groups is 1. The Morgan fingerprint density at radius 1 is 1.21 bits per heavy atom. The highest BCUT2D eigenvalue weighted by Crippen LogP contribution is 2.26. The molecule has 7 heteroatoms. The Morgan fingerprint density at radius 3 is 2.26 bits per heavy atom. The van der Waals surface area contributed by atoms with Gasteiger partial charge in [-0.05, 0) is 19.5 Å². The molecule has 0 aliphatic heterocycles. The van der Waals surface area contributed by atoms with Gasteiger partial charge in [0.25, 0.3) is 0 Å². The zero-order chi connectivity index (χ0) is 14.8. The summed E-state index contributed by atoms with van der Waals surface area (Å²) in [6.07, 6.45) is 1.01. The van der Waals surface area contributed by atoms with Gasteiger partial charge < -0.3 is 5.32 Å². The Kier molecular flexibility index (Phi) is 4.98. The van der Waals surface area contributed by atoms with Crippen molar-refractivity contribution in [2.24, 2.45) is 0 Å². The lowest BCUT2D eigenvalue weighted by Crippen LogP contribution is -2.35. The highest BCUT2D eigenvalue weighted by atomic mass is 32.2. The quantitative estimate of drug-likeness (QED) is 0.847. The number of hydrogen-bond donors (Lipinski definition) is 1. The van der Waals surface area contributed by atoms with Gasteiger partial charge in [0.1, 0.15) is 0 Å². The molecule has 0 saturated carbocycles. The van der Waals surface area contributed by atoms with E-state index in [2.05, 4.69) is 5.32 Å². The third-order valence-electron chi connectivity index (χ3n) is 2.97. The van der Waals surface area contributed by atoms with Crippen LogP contribution in [-0.2, 0) is 9.84 Å². The zero-order valence-corrected chi connectivity index (χ0v) is 11.7. The van der Waals surface area contributed by atoms with Crippen molar-refractivity contribution in [3.8, 4) is 0 Å². The normalized spacial score (nSPS) is 15.3. The van der Waals surface area contributed by atoms with Gasteiger partial charge in [0, 0.05) is 11.8 Å². The van der Waals surface area contributed by atoms with Crippen molar-refractivity contribution in [2.45, 2.75) is 25.1 Å². The summed E-state index contributed by atoms with van der Waals surface area (Å²) in [6.45, 7) is 3.46. The van der Waals surface area contributed by atoms with Crippen molar-refractivity contribution in [1.82, 2.24) is 5.32 Å². The molecule has 108 valence electrons. The van der Waals surface area contributed by atoms with Crippen LogP contribution in [0.3, 0.4) is 0 Å². The Balaban J connectivity index is 3.32. The molecule has 0 saturated heterocycles. The summed E-state index contributed by atoms with van der Waals surface area (Å²) in [4.78, 5) is 0. The van der Waals surface area contributed by atoms with E-state index >= 15 is 0 Å². The highest BCUT2D eigenvalue weighted by molar-refractivity contribution is 7.91. The summed E-state index contributed by atoms with van der Waals surface area (Å²) >= 11 is 0. The van der Waals surface area contributed by atoms with Crippen LogP contribution in [0.25, 0.3) is 0 Å². The van der Waals surface area contributed by atoms with Gasteiger partial charge in [0.05, 0.1) is 11.3 Å². The summed E-state index contributed by atoms with van der Waals surface area (Å²) < 4.78 is 63.0. The molecule has 0 aliphatic carbocycles. The third-order valence-corrected chi connectivity index (χ3v) is 4.59. The summed E-state index contributed by atoms with van der Waals surface area (Å²) in [7, 11) is -3.46. The molecule has 2 unspecified atom stereocenters. The van der Waals surface area contributed by atoms with E-state index in [1.807, 2.05) is 0 Å². The molecule has 0 fully saturated rings. The van der Waals surface area contributed by atoms with E-state index < -0.39 is 38.6 Å². The van der Waals surface area contributed by atoms with Gasteiger partial charge in [0.2, 0.25) is 0 Å². The first kappa shape index (κ1) is 16.0. The molecule has 1 N–H and O–H groups in total. The smallest absolute Gasteiger partial charge is 0.194 e. The van der Waals surface area contributed by atoms with Gasteiger partial charge in [-0.3, -0.25) is 0 Å². The van der Waals surface area contributed by atoms with E-state index in [-0.39, 0.29) is 5.56 Å². The molecule has 0 bridgehead atoms. The van der Waals surface area contributed by atoms with Crippen LogP contribution in [0.5, 0.6) is 0 Å². The molecule has 0 radical (unpaired) electrons. The lowest BCUT2D eigenvalue weighted by Gasteiger charge is -2.24. The Bertz CT molecular complexity index is 560. The second kappa shape index (κ2) is 5.92. The van der Waals surface area contributed by atoms with Crippen LogP contribution < -0.4 is 5.32 Å². The molecule has 0 amide bonds. The van der Waals surface area contributed by atoms with Crippen molar-refractivity contribution in [1.29, 1.82) is 0 Å². The van der Waals surface area contributed by atoms with Crippen LogP contribution in [0.4, 0.5) is 13.2 Å². The molecule has 3 nitrogen and oxygen atoms in total. The summed E-state index contributed by atoms with van der Waals surface area (Å²) in [5, 5.41) is 1.82. The molecule has 1 aromatic rings. The second-order valence-electron chi connectivity index (χ2n) is 4.33. The van der Waals surface area contributed by atoms with Gasteiger partial charge in [-0.15, -0.1) is 0 Å². The van der Waals surface area contributed by atoms with Crippen LogP contribution in [0, 0.1) is 17.5 Å². The van der Waals surface area contributed by atoms with Gasteiger partial charge >= 0.3 is 0 Å². The largest absolute Gasteiger partial charge is 0.309 e. The lowest BCUT2D eigenvalue weighted by atomic mass is 10.0. The average molecular weight is 295 g/mol. The minimum atomic E-state index is -3.46. The molecule has 1 aromatic carbocycles. The Morgan fingerprint density at radius 2 is 1.79 bits per heavy atom. The maximum absolute atomic E-state index is 13.7. The summed E-state index contributed by atoms with van der Waals surface area (Å²) in [5.41, 5.74) is -0.196. The van der Waals surface area contributed by atoms with Crippen LogP contribution in [-0.4, -0.2) is 26.5 Å². The van der Waals surface area contributed by atoms with Crippen molar-refractivity contribution >= 4 is 9.84 Å². The Labute approximate surface area is 110 Å². The van der Waals surface area contributed by atoms with E-state index in [1.165, 1.54) is 6.92 Å². The van der Waals surface area contributed by atoms with Crippen LogP contribution >= 0.6 is 0 Å². The summed E-state index contributed by atoms with van der Waals surface area (Å²) in [6, 6.07) is 0.908. The number of benzene rings is 1. The minimum absolute atomic E-state index is 0.196. The van der Waals surface area contributed by atoms with E-state index in [4.69, 9.17) is 0 Å². The standard InChI is InChI=1S/C12H16F3NO2S/c1-4-16-12(7(2)19(3,17)18)8-5-6-9(13)11(15)10(8)14/h5-7,12,16H,4H2,1-3H3. The molecule has 2 atom stereocenters. The molecule has 0 aromatic heterocycles. The fourth-order valence-electron chi connectivity index (χ4n) is 1.78. The number of halogens is 3. The van der Waals surface area contributed by atoms with Crippen LogP contribution in [0.2, 0.25) is 0 Å². The fraction of sp³-hybridized carbons (Fsp3) is 0.500.